The second kappa shape index (κ2) is 10.6. The van der Waals surface area contributed by atoms with Crippen LogP contribution in [-0.2, 0) is 4.74 Å². The Morgan fingerprint density at radius 3 is 2.37 bits per heavy atom. The standard InChI is InChI=1S/C15H29NO.CH5N/c1-2-17-13-15-9-6-10-16(12-15)11-14-7-4-3-5-8-14;1-2/h14-15H,2-13H2,1H3;2H2,1H3. The van der Waals surface area contributed by atoms with Crippen molar-refractivity contribution in [1.82, 2.24) is 4.90 Å². The number of rotatable bonds is 5. The Bertz CT molecular complexity index is 205. The van der Waals surface area contributed by atoms with Crippen LogP contribution in [-0.4, -0.2) is 44.8 Å². The molecule has 0 radical (unpaired) electrons. The summed E-state index contributed by atoms with van der Waals surface area (Å²) in [5.74, 6) is 1.79. The molecule has 1 atom stereocenters. The van der Waals surface area contributed by atoms with E-state index in [1.54, 1.807) is 0 Å². The Morgan fingerprint density at radius 1 is 1.00 bits per heavy atom. The van der Waals surface area contributed by atoms with Gasteiger partial charge in [-0.25, -0.2) is 0 Å². The van der Waals surface area contributed by atoms with Crippen LogP contribution in [0.2, 0.25) is 0 Å². The van der Waals surface area contributed by atoms with Crippen molar-refractivity contribution in [3.63, 3.8) is 0 Å². The Hall–Kier alpha value is -0.120. The van der Waals surface area contributed by atoms with Crippen molar-refractivity contribution >= 4 is 0 Å². The van der Waals surface area contributed by atoms with E-state index in [4.69, 9.17) is 4.74 Å². The van der Waals surface area contributed by atoms with Crippen LogP contribution in [0, 0.1) is 11.8 Å². The fourth-order valence-electron chi connectivity index (χ4n) is 3.47. The van der Waals surface area contributed by atoms with Crippen molar-refractivity contribution in [2.24, 2.45) is 17.6 Å². The molecule has 2 fully saturated rings. The molecule has 1 aliphatic carbocycles. The molecule has 1 heterocycles. The third kappa shape index (κ3) is 6.73. The third-order valence-electron chi connectivity index (χ3n) is 4.40. The molecule has 2 rings (SSSR count). The summed E-state index contributed by atoms with van der Waals surface area (Å²) in [5.41, 5.74) is 4.50. The number of nitrogens with two attached hydrogens (primary N) is 1. The third-order valence-corrected chi connectivity index (χ3v) is 4.40. The number of hydrogen-bond donors (Lipinski definition) is 1. The minimum Gasteiger partial charge on any atom is -0.381 e. The van der Waals surface area contributed by atoms with Gasteiger partial charge < -0.3 is 15.4 Å². The lowest BCUT2D eigenvalue weighted by atomic mass is 9.88. The lowest BCUT2D eigenvalue weighted by molar-refractivity contribution is 0.0591. The maximum absolute atomic E-state index is 5.58. The molecule has 1 saturated heterocycles. The second-order valence-electron chi connectivity index (χ2n) is 5.93. The maximum atomic E-state index is 5.58. The van der Waals surface area contributed by atoms with Crippen LogP contribution in [0.4, 0.5) is 0 Å². The Morgan fingerprint density at radius 2 is 1.68 bits per heavy atom. The lowest BCUT2D eigenvalue weighted by Gasteiger charge is -2.35. The molecule has 19 heavy (non-hydrogen) atoms. The number of nitrogens with zero attached hydrogens (tertiary/aromatic N) is 1. The summed E-state index contributed by atoms with van der Waals surface area (Å²) in [5, 5.41) is 0. The van der Waals surface area contributed by atoms with Gasteiger partial charge in [0.05, 0.1) is 6.61 Å². The van der Waals surface area contributed by atoms with Crippen LogP contribution in [0.3, 0.4) is 0 Å². The van der Waals surface area contributed by atoms with E-state index in [-0.39, 0.29) is 0 Å². The van der Waals surface area contributed by atoms with Crippen molar-refractivity contribution in [1.29, 1.82) is 0 Å². The normalized spacial score (nSPS) is 25.7. The molecular weight excluding hydrogens is 236 g/mol. The van der Waals surface area contributed by atoms with E-state index in [1.807, 2.05) is 0 Å². The van der Waals surface area contributed by atoms with Crippen LogP contribution in [0.25, 0.3) is 0 Å². The van der Waals surface area contributed by atoms with Crippen LogP contribution in [0.1, 0.15) is 51.9 Å². The number of hydrogen-bond acceptors (Lipinski definition) is 3. The SMILES string of the molecule is CCOCC1CCCN(CC2CCCCC2)C1.CN. The maximum Gasteiger partial charge on any atom is 0.0506 e. The predicted octanol–water partition coefficient (Wildman–Crippen LogP) is 2.89. The van der Waals surface area contributed by atoms with Crippen molar-refractivity contribution < 1.29 is 4.74 Å². The first-order valence-electron chi connectivity index (χ1n) is 8.26. The van der Waals surface area contributed by atoms with E-state index in [1.165, 1.54) is 71.6 Å². The summed E-state index contributed by atoms with van der Waals surface area (Å²) in [6.45, 7) is 7.94. The van der Waals surface area contributed by atoms with Gasteiger partial charge in [0, 0.05) is 19.7 Å². The molecule has 114 valence electrons. The van der Waals surface area contributed by atoms with Gasteiger partial charge in [-0.1, -0.05) is 19.3 Å². The molecular formula is C16H34N2O. The van der Waals surface area contributed by atoms with E-state index < -0.39 is 0 Å². The predicted molar refractivity (Wildman–Crippen MR) is 82.3 cm³/mol. The smallest absolute Gasteiger partial charge is 0.0506 e. The van der Waals surface area contributed by atoms with Gasteiger partial charge in [-0.3, -0.25) is 0 Å². The zero-order valence-corrected chi connectivity index (χ0v) is 13.1. The first-order valence-corrected chi connectivity index (χ1v) is 8.26. The highest BCUT2D eigenvalue weighted by atomic mass is 16.5. The summed E-state index contributed by atoms with van der Waals surface area (Å²) in [6.07, 6.45) is 10.1. The fraction of sp³-hybridized carbons (Fsp3) is 1.00. The van der Waals surface area contributed by atoms with Gasteiger partial charge in [-0.2, -0.15) is 0 Å². The zero-order chi connectivity index (χ0) is 13.9. The van der Waals surface area contributed by atoms with E-state index in [9.17, 15) is 0 Å². The van der Waals surface area contributed by atoms with Crippen LogP contribution in [0.5, 0.6) is 0 Å². The van der Waals surface area contributed by atoms with E-state index in [0.29, 0.717) is 0 Å². The minimum atomic E-state index is 0.798. The van der Waals surface area contributed by atoms with Crippen molar-refractivity contribution in [2.45, 2.75) is 51.9 Å². The van der Waals surface area contributed by atoms with E-state index >= 15 is 0 Å². The molecule has 2 aliphatic rings. The van der Waals surface area contributed by atoms with Crippen molar-refractivity contribution in [2.75, 3.05) is 39.9 Å². The molecule has 1 saturated carbocycles. The highest BCUT2D eigenvalue weighted by Gasteiger charge is 2.23. The quantitative estimate of drug-likeness (QED) is 0.835. The highest BCUT2D eigenvalue weighted by molar-refractivity contribution is 4.76. The average Bonchev–Trinajstić information content (AvgIpc) is 2.49. The van der Waals surface area contributed by atoms with Gasteiger partial charge in [0.1, 0.15) is 0 Å². The minimum absolute atomic E-state index is 0.798. The highest BCUT2D eigenvalue weighted by Crippen LogP contribution is 2.26. The Kier molecular flexibility index (Phi) is 9.48. The molecule has 0 amide bonds. The summed E-state index contributed by atoms with van der Waals surface area (Å²) >= 11 is 0. The van der Waals surface area contributed by atoms with Crippen molar-refractivity contribution in [3.8, 4) is 0 Å². The van der Waals surface area contributed by atoms with Crippen LogP contribution >= 0.6 is 0 Å². The summed E-state index contributed by atoms with van der Waals surface area (Å²) < 4.78 is 5.58. The molecule has 0 bridgehead atoms. The van der Waals surface area contributed by atoms with E-state index in [0.717, 1.165) is 25.0 Å². The molecule has 0 aromatic rings. The largest absolute Gasteiger partial charge is 0.381 e. The average molecular weight is 270 g/mol. The Labute approximate surface area is 119 Å². The molecule has 0 spiro atoms. The summed E-state index contributed by atoms with van der Waals surface area (Å²) in [7, 11) is 1.50. The molecule has 0 aromatic heterocycles. The fourth-order valence-corrected chi connectivity index (χ4v) is 3.47. The molecule has 1 aliphatic heterocycles. The van der Waals surface area contributed by atoms with Gasteiger partial charge >= 0.3 is 0 Å². The first kappa shape index (κ1) is 16.9. The van der Waals surface area contributed by atoms with E-state index in [2.05, 4.69) is 17.6 Å². The second-order valence-corrected chi connectivity index (χ2v) is 5.93. The number of ether oxygens (including phenoxy) is 1. The zero-order valence-electron chi connectivity index (χ0n) is 13.1. The molecule has 2 N–H and O–H groups in total. The van der Waals surface area contributed by atoms with Gasteiger partial charge in [0.25, 0.3) is 0 Å². The molecule has 1 unspecified atom stereocenters. The van der Waals surface area contributed by atoms with Crippen LogP contribution in [0.15, 0.2) is 0 Å². The molecule has 0 aromatic carbocycles. The van der Waals surface area contributed by atoms with Gasteiger partial charge in [-0.05, 0) is 58.0 Å². The van der Waals surface area contributed by atoms with Crippen LogP contribution < -0.4 is 5.73 Å². The Balaban J connectivity index is 0.000000861. The molecule has 3 nitrogen and oxygen atoms in total. The van der Waals surface area contributed by atoms with Crippen molar-refractivity contribution in [3.05, 3.63) is 0 Å². The molecule has 3 heteroatoms. The van der Waals surface area contributed by atoms with Gasteiger partial charge in [0.2, 0.25) is 0 Å². The number of likely N-dealkylation sites (tertiary alicyclic amines) is 1. The summed E-state index contributed by atoms with van der Waals surface area (Å²) in [4.78, 5) is 2.71. The monoisotopic (exact) mass is 270 g/mol. The lowest BCUT2D eigenvalue weighted by Crippen LogP contribution is -2.40. The summed E-state index contributed by atoms with van der Waals surface area (Å²) in [6, 6.07) is 0. The van der Waals surface area contributed by atoms with Gasteiger partial charge in [0.15, 0.2) is 0 Å². The number of piperidine rings is 1. The topological polar surface area (TPSA) is 38.5 Å². The van der Waals surface area contributed by atoms with Gasteiger partial charge in [-0.15, -0.1) is 0 Å². The first-order chi connectivity index (χ1) is 9.38.